The van der Waals surface area contributed by atoms with Crippen LogP contribution in [0.5, 0.6) is 0 Å². The number of piperazine rings is 1. The van der Waals surface area contributed by atoms with Crippen LogP contribution in [-0.4, -0.2) is 47.7 Å². The van der Waals surface area contributed by atoms with E-state index in [9.17, 15) is 9.18 Å². The average Bonchev–Trinajstić information content (AvgIpc) is 3.14. The summed E-state index contributed by atoms with van der Waals surface area (Å²) in [4.78, 5) is 18.8. The van der Waals surface area contributed by atoms with Gasteiger partial charge in [-0.2, -0.15) is 4.98 Å². The fraction of sp³-hybridized carbons (Fsp3) is 0.500. The third-order valence-electron chi connectivity index (χ3n) is 4.55. The van der Waals surface area contributed by atoms with Gasteiger partial charge in [-0.1, -0.05) is 17.3 Å². The van der Waals surface area contributed by atoms with E-state index < -0.39 is 0 Å². The Kier molecular flexibility index (Phi) is 7.70. The zero-order chi connectivity index (χ0) is 18.5. The number of benzene rings is 1. The number of ether oxygens (including phenoxy) is 1. The molecule has 1 aliphatic rings. The van der Waals surface area contributed by atoms with E-state index in [-0.39, 0.29) is 42.7 Å². The zero-order valence-corrected chi connectivity index (χ0v) is 16.2. The van der Waals surface area contributed by atoms with Crippen molar-refractivity contribution in [2.45, 2.75) is 31.9 Å². The van der Waals surface area contributed by atoms with Crippen molar-refractivity contribution in [2.24, 2.45) is 0 Å². The van der Waals surface area contributed by atoms with Gasteiger partial charge in [-0.3, -0.25) is 4.79 Å². The number of aromatic nitrogens is 2. The van der Waals surface area contributed by atoms with Gasteiger partial charge < -0.3 is 19.5 Å². The van der Waals surface area contributed by atoms with E-state index in [1.165, 1.54) is 12.1 Å². The standard InChI is InChI=1S/C18H23FN4O3.ClH/c1-12(25-2)18-21-16(26-22-18)6-7-17(24)23-9-8-20-11-15(23)13-4-3-5-14(19)10-13;/h3-5,10,12,15,20H,6-9,11H2,1-2H3;1H. The maximum Gasteiger partial charge on any atom is 0.227 e. The Labute approximate surface area is 163 Å². The van der Waals surface area contributed by atoms with Gasteiger partial charge in [0.1, 0.15) is 11.9 Å². The number of halogens is 2. The molecule has 2 heterocycles. The number of hydrogen-bond donors (Lipinski definition) is 1. The molecule has 1 fully saturated rings. The first kappa shape index (κ1) is 21.3. The number of carbonyl (C=O) groups is 1. The van der Waals surface area contributed by atoms with Crippen molar-refractivity contribution in [3.8, 4) is 0 Å². The monoisotopic (exact) mass is 398 g/mol. The topological polar surface area (TPSA) is 80.5 Å². The summed E-state index contributed by atoms with van der Waals surface area (Å²) in [6.07, 6.45) is 0.366. The second-order valence-electron chi connectivity index (χ2n) is 6.29. The van der Waals surface area contributed by atoms with Gasteiger partial charge in [-0.15, -0.1) is 12.4 Å². The van der Waals surface area contributed by atoms with Crippen molar-refractivity contribution in [1.29, 1.82) is 0 Å². The van der Waals surface area contributed by atoms with E-state index in [0.717, 1.165) is 5.56 Å². The lowest BCUT2D eigenvalue weighted by Gasteiger charge is -2.36. The SMILES string of the molecule is COC(C)c1noc(CCC(=O)N2CCNCC2c2cccc(F)c2)n1.Cl. The van der Waals surface area contributed by atoms with Crippen LogP contribution >= 0.6 is 12.4 Å². The number of aryl methyl sites for hydroxylation is 1. The molecule has 0 saturated carbocycles. The highest BCUT2D eigenvalue weighted by atomic mass is 35.5. The van der Waals surface area contributed by atoms with E-state index in [1.807, 2.05) is 13.0 Å². The quantitative estimate of drug-likeness (QED) is 0.805. The van der Waals surface area contributed by atoms with Crippen molar-refractivity contribution < 1.29 is 18.4 Å². The Morgan fingerprint density at radius 1 is 1.52 bits per heavy atom. The van der Waals surface area contributed by atoms with Crippen LogP contribution in [0.15, 0.2) is 28.8 Å². The van der Waals surface area contributed by atoms with Crippen molar-refractivity contribution in [3.05, 3.63) is 47.4 Å². The third-order valence-corrected chi connectivity index (χ3v) is 4.55. The molecule has 3 rings (SSSR count). The van der Waals surface area contributed by atoms with Gasteiger partial charge in [0.2, 0.25) is 11.8 Å². The molecule has 1 aromatic heterocycles. The van der Waals surface area contributed by atoms with Crippen LogP contribution in [0.2, 0.25) is 0 Å². The van der Waals surface area contributed by atoms with Crippen LogP contribution in [0, 0.1) is 5.82 Å². The van der Waals surface area contributed by atoms with Gasteiger partial charge in [-0.25, -0.2) is 4.39 Å². The van der Waals surface area contributed by atoms with Crippen molar-refractivity contribution >= 4 is 18.3 Å². The highest BCUT2D eigenvalue weighted by Gasteiger charge is 2.28. The summed E-state index contributed by atoms with van der Waals surface area (Å²) in [7, 11) is 1.57. The molecule has 2 aromatic rings. The second kappa shape index (κ2) is 9.77. The number of amides is 1. The van der Waals surface area contributed by atoms with Gasteiger partial charge in [-0.05, 0) is 24.6 Å². The first-order valence-electron chi connectivity index (χ1n) is 8.69. The fourth-order valence-electron chi connectivity index (χ4n) is 3.01. The van der Waals surface area contributed by atoms with Crippen molar-refractivity contribution in [1.82, 2.24) is 20.4 Å². The Bertz CT molecular complexity index is 758. The first-order valence-corrected chi connectivity index (χ1v) is 8.69. The Morgan fingerprint density at radius 2 is 2.33 bits per heavy atom. The van der Waals surface area contributed by atoms with Crippen LogP contribution in [0.25, 0.3) is 0 Å². The number of nitrogens with zero attached hydrogens (tertiary/aromatic N) is 3. The van der Waals surface area contributed by atoms with E-state index in [0.29, 0.717) is 37.8 Å². The Morgan fingerprint density at radius 3 is 3.07 bits per heavy atom. The van der Waals surface area contributed by atoms with Crippen LogP contribution in [0.3, 0.4) is 0 Å². The smallest absolute Gasteiger partial charge is 0.227 e. The molecule has 2 atom stereocenters. The highest BCUT2D eigenvalue weighted by molar-refractivity contribution is 5.85. The lowest BCUT2D eigenvalue weighted by Crippen LogP contribution is -2.48. The molecule has 1 aliphatic heterocycles. The van der Waals surface area contributed by atoms with E-state index >= 15 is 0 Å². The summed E-state index contributed by atoms with van der Waals surface area (Å²) in [5.74, 6) is 0.566. The molecule has 27 heavy (non-hydrogen) atoms. The van der Waals surface area contributed by atoms with Gasteiger partial charge in [0.25, 0.3) is 0 Å². The molecule has 1 aromatic carbocycles. The molecule has 0 radical (unpaired) electrons. The van der Waals surface area contributed by atoms with Crippen LogP contribution in [0.4, 0.5) is 4.39 Å². The van der Waals surface area contributed by atoms with Crippen LogP contribution in [0.1, 0.15) is 42.8 Å². The van der Waals surface area contributed by atoms with Crippen molar-refractivity contribution in [3.63, 3.8) is 0 Å². The number of hydrogen-bond acceptors (Lipinski definition) is 6. The summed E-state index contributed by atoms with van der Waals surface area (Å²) < 4.78 is 23.9. The molecule has 1 amide bonds. The second-order valence-corrected chi connectivity index (χ2v) is 6.29. The van der Waals surface area contributed by atoms with Gasteiger partial charge in [0.15, 0.2) is 5.82 Å². The van der Waals surface area contributed by atoms with Gasteiger partial charge >= 0.3 is 0 Å². The molecular weight excluding hydrogens is 375 g/mol. The number of nitrogens with one attached hydrogen (secondary N) is 1. The minimum atomic E-state index is -0.300. The largest absolute Gasteiger partial charge is 0.374 e. The lowest BCUT2D eigenvalue weighted by atomic mass is 10.0. The summed E-state index contributed by atoms with van der Waals surface area (Å²) >= 11 is 0. The summed E-state index contributed by atoms with van der Waals surface area (Å²) in [6, 6.07) is 6.21. The molecule has 148 valence electrons. The summed E-state index contributed by atoms with van der Waals surface area (Å²) in [5.41, 5.74) is 0.791. The van der Waals surface area contributed by atoms with E-state index in [1.54, 1.807) is 18.1 Å². The number of methoxy groups -OCH3 is 1. The lowest BCUT2D eigenvalue weighted by molar-refractivity contribution is -0.134. The normalized spacial score (nSPS) is 18.0. The Balaban J connectivity index is 0.00000261. The predicted molar refractivity (Wildman–Crippen MR) is 99.0 cm³/mol. The van der Waals surface area contributed by atoms with Gasteiger partial charge in [0, 0.05) is 39.6 Å². The fourth-order valence-corrected chi connectivity index (χ4v) is 3.01. The minimum absolute atomic E-state index is 0. The summed E-state index contributed by atoms with van der Waals surface area (Å²) in [5, 5.41) is 7.12. The average molecular weight is 399 g/mol. The van der Waals surface area contributed by atoms with Crippen molar-refractivity contribution in [2.75, 3.05) is 26.7 Å². The number of carbonyl (C=O) groups excluding carboxylic acids is 1. The van der Waals surface area contributed by atoms with Crippen LogP contribution < -0.4 is 5.32 Å². The van der Waals surface area contributed by atoms with Gasteiger partial charge in [0.05, 0.1) is 6.04 Å². The third kappa shape index (κ3) is 5.24. The molecule has 2 unspecified atom stereocenters. The van der Waals surface area contributed by atoms with E-state index in [2.05, 4.69) is 15.5 Å². The molecule has 0 aliphatic carbocycles. The predicted octanol–water partition coefficient (Wildman–Crippen LogP) is 2.44. The molecular formula is C18H24ClFN4O3. The molecule has 0 bridgehead atoms. The zero-order valence-electron chi connectivity index (χ0n) is 15.4. The highest BCUT2D eigenvalue weighted by Crippen LogP contribution is 2.24. The molecule has 9 heteroatoms. The molecule has 1 N–H and O–H groups in total. The van der Waals surface area contributed by atoms with Crippen LogP contribution in [-0.2, 0) is 16.0 Å². The Hall–Kier alpha value is -2.03. The summed E-state index contributed by atoms with van der Waals surface area (Å²) in [6.45, 7) is 3.72. The molecule has 1 saturated heterocycles. The first-order chi connectivity index (χ1) is 12.6. The molecule has 7 nitrogen and oxygen atoms in total. The minimum Gasteiger partial charge on any atom is -0.374 e. The number of rotatable bonds is 6. The van der Waals surface area contributed by atoms with E-state index in [4.69, 9.17) is 9.26 Å². The maximum absolute atomic E-state index is 13.6. The maximum atomic E-state index is 13.6. The molecule has 0 spiro atoms.